The lowest BCUT2D eigenvalue weighted by molar-refractivity contribution is 0.0975. The highest BCUT2D eigenvalue weighted by molar-refractivity contribution is 5.67. The summed E-state index contributed by atoms with van der Waals surface area (Å²) in [5.74, 6) is 0. The predicted molar refractivity (Wildman–Crippen MR) is 53.2 cm³/mol. The van der Waals surface area contributed by atoms with E-state index in [0.29, 0.717) is 12.6 Å². The lowest BCUT2D eigenvalue weighted by atomic mass is 10.2. The number of carbonyl (C=O) groups is 1. The molecule has 4 nitrogen and oxygen atoms in total. The van der Waals surface area contributed by atoms with Crippen LogP contribution in [-0.4, -0.2) is 31.5 Å². The van der Waals surface area contributed by atoms with Gasteiger partial charge in [0.15, 0.2) is 0 Å². The second kappa shape index (κ2) is 5.86. The minimum absolute atomic E-state index is 0.0577. The zero-order valence-corrected chi connectivity index (χ0v) is 8.91. The third-order valence-corrected chi connectivity index (χ3v) is 2.10. The molecule has 0 saturated carbocycles. The van der Waals surface area contributed by atoms with E-state index in [1.807, 2.05) is 13.8 Å². The Kier molecular flexibility index (Phi) is 4.73. The van der Waals surface area contributed by atoms with E-state index in [0.717, 1.165) is 25.9 Å². The number of hydrogen-bond donors (Lipinski definition) is 1. The highest BCUT2D eigenvalue weighted by atomic mass is 16.6. The van der Waals surface area contributed by atoms with Crippen molar-refractivity contribution in [3.8, 4) is 0 Å². The zero-order valence-electron chi connectivity index (χ0n) is 8.91. The Hall–Kier alpha value is -0.770. The standard InChI is InChI=1S/C10H19NO3/c1-8(2)14-10(12)11-6-5-9-4-3-7-13-9/h8-9H,3-7H2,1-2H3,(H,11,12). The second-order valence-electron chi connectivity index (χ2n) is 3.80. The van der Waals surface area contributed by atoms with E-state index in [9.17, 15) is 4.79 Å². The number of nitrogens with one attached hydrogen (secondary N) is 1. The molecule has 0 aliphatic carbocycles. The fourth-order valence-corrected chi connectivity index (χ4v) is 1.46. The summed E-state index contributed by atoms with van der Waals surface area (Å²) in [5, 5.41) is 2.70. The molecule has 1 fully saturated rings. The molecule has 1 unspecified atom stereocenters. The molecule has 0 spiro atoms. The number of ether oxygens (including phenoxy) is 2. The van der Waals surface area contributed by atoms with E-state index < -0.39 is 0 Å². The highest BCUT2D eigenvalue weighted by Gasteiger charge is 2.15. The Balaban J connectivity index is 1.99. The molecule has 0 bridgehead atoms. The van der Waals surface area contributed by atoms with Crippen LogP contribution in [0.1, 0.15) is 33.1 Å². The predicted octanol–water partition coefficient (Wildman–Crippen LogP) is 1.69. The summed E-state index contributed by atoms with van der Waals surface area (Å²) < 4.78 is 10.3. The number of alkyl carbamates (subject to hydrolysis) is 1. The number of amides is 1. The van der Waals surface area contributed by atoms with Gasteiger partial charge < -0.3 is 14.8 Å². The van der Waals surface area contributed by atoms with Crippen LogP contribution >= 0.6 is 0 Å². The average molecular weight is 201 g/mol. The zero-order chi connectivity index (χ0) is 10.4. The van der Waals surface area contributed by atoms with Crippen molar-refractivity contribution in [3.05, 3.63) is 0 Å². The van der Waals surface area contributed by atoms with Crippen LogP contribution in [0.2, 0.25) is 0 Å². The molecule has 1 aliphatic rings. The van der Waals surface area contributed by atoms with Gasteiger partial charge >= 0.3 is 6.09 Å². The van der Waals surface area contributed by atoms with Crippen molar-refractivity contribution in [3.63, 3.8) is 0 Å². The molecular weight excluding hydrogens is 182 g/mol. The molecule has 1 aliphatic heterocycles. The summed E-state index contributed by atoms with van der Waals surface area (Å²) in [4.78, 5) is 11.1. The smallest absolute Gasteiger partial charge is 0.407 e. The molecule has 4 heteroatoms. The van der Waals surface area contributed by atoms with Gasteiger partial charge in [0.05, 0.1) is 12.2 Å². The first kappa shape index (κ1) is 11.3. The molecule has 1 N–H and O–H groups in total. The van der Waals surface area contributed by atoms with Gasteiger partial charge in [-0.3, -0.25) is 0 Å². The summed E-state index contributed by atoms with van der Waals surface area (Å²) in [7, 11) is 0. The van der Waals surface area contributed by atoms with Crippen LogP contribution in [0.25, 0.3) is 0 Å². The topological polar surface area (TPSA) is 47.6 Å². The van der Waals surface area contributed by atoms with Crippen LogP contribution < -0.4 is 5.32 Å². The van der Waals surface area contributed by atoms with E-state index in [2.05, 4.69) is 5.32 Å². The maximum absolute atomic E-state index is 11.1. The Bertz CT molecular complexity index is 176. The molecule has 0 aromatic heterocycles. The van der Waals surface area contributed by atoms with Crippen molar-refractivity contribution in [2.75, 3.05) is 13.2 Å². The fraction of sp³-hybridized carbons (Fsp3) is 0.900. The molecule has 1 saturated heterocycles. The van der Waals surface area contributed by atoms with Gasteiger partial charge in [0.1, 0.15) is 0 Å². The summed E-state index contributed by atoms with van der Waals surface area (Å²) in [6, 6.07) is 0. The maximum atomic E-state index is 11.1. The molecule has 1 heterocycles. The molecule has 1 atom stereocenters. The van der Waals surface area contributed by atoms with Gasteiger partial charge in [0, 0.05) is 13.2 Å². The van der Waals surface area contributed by atoms with Crippen molar-refractivity contribution in [1.82, 2.24) is 5.32 Å². The molecule has 0 radical (unpaired) electrons. The first-order chi connectivity index (χ1) is 6.68. The van der Waals surface area contributed by atoms with Gasteiger partial charge in [-0.15, -0.1) is 0 Å². The van der Waals surface area contributed by atoms with E-state index in [1.54, 1.807) is 0 Å². The van der Waals surface area contributed by atoms with Gasteiger partial charge in [0.2, 0.25) is 0 Å². The first-order valence-corrected chi connectivity index (χ1v) is 5.24. The summed E-state index contributed by atoms with van der Waals surface area (Å²) >= 11 is 0. The van der Waals surface area contributed by atoms with Gasteiger partial charge in [-0.05, 0) is 33.1 Å². The third-order valence-electron chi connectivity index (χ3n) is 2.10. The van der Waals surface area contributed by atoms with Crippen LogP contribution in [0.4, 0.5) is 4.79 Å². The van der Waals surface area contributed by atoms with E-state index >= 15 is 0 Å². The monoisotopic (exact) mass is 201 g/mol. The van der Waals surface area contributed by atoms with Gasteiger partial charge in [-0.1, -0.05) is 0 Å². The quantitative estimate of drug-likeness (QED) is 0.753. The van der Waals surface area contributed by atoms with Crippen molar-refractivity contribution >= 4 is 6.09 Å². The maximum Gasteiger partial charge on any atom is 0.407 e. The van der Waals surface area contributed by atoms with Crippen LogP contribution in [0.5, 0.6) is 0 Å². The lowest BCUT2D eigenvalue weighted by Gasteiger charge is -2.11. The molecule has 0 aromatic rings. The van der Waals surface area contributed by atoms with Crippen molar-refractivity contribution in [2.45, 2.75) is 45.3 Å². The summed E-state index contributed by atoms with van der Waals surface area (Å²) in [5.41, 5.74) is 0. The number of rotatable bonds is 4. The fourth-order valence-electron chi connectivity index (χ4n) is 1.46. The molecule has 14 heavy (non-hydrogen) atoms. The average Bonchev–Trinajstić information content (AvgIpc) is 2.55. The van der Waals surface area contributed by atoms with Crippen LogP contribution in [0.15, 0.2) is 0 Å². The Labute approximate surface area is 85.0 Å². The van der Waals surface area contributed by atoms with Crippen LogP contribution in [-0.2, 0) is 9.47 Å². The minimum Gasteiger partial charge on any atom is -0.447 e. The number of hydrogen-bond acceptors (Lipinski definition) is 3. The minimum atomic E-state index is -0.335. The normalized spacial score (nSPS) is 21.2. The van der Waals surface area contributed by atoms with Crippen molar-refractivity contribution < 1.29 is 14.3 Å². The van der Waals surface area contributed by atoms with Gasteiger partial charge in [0.25, 0.3) is 0 Å². The van der Waals surface area contributed by atoms with Crippen LogP contribution in [0.3, 0.4) is 0 Å². The lowest BCUT2D eigenvalue weighted by Crippen LogP contribution is -2.29. The largest absolute Gasteiger partial charge is 0.447 e. The molecule has 1 amide bonds. The Morgan fingerprint density at radius 3 is 3.00 bits per heavy atom. The molecule has 1 rings (SSSR count). The van der Waals surface area contributed by atoms with Gasteiger partial charge in [-0.25, -0.2) is 4.79 Å². The van der Waals surface area contributed by atoms with E-state index in [-0.39, 0.29) is 12.2 Å². The summed E-state index contributed by atoms with van der Waals surface area (Å²) in [6.45, 7) is 5.16. The number of carbonyl (C=O) groups excluding carboxylic acids is 1. The second-order valence-corrected chi connectivity index (χ2v) is 3.80. The van der Waals surface area contributed by atoms with Crippen molar-refractivity contribution in [2.24, 2.45) is 0 Å². The van der Waals surface area contributed by atoms with Crippen molar-refractivity contribution in [1.29, 1.82) is 0 Å². The SMILES string of the molecule is CC(C)OC(=O)NCCC1CCCO1. The molecule has 0 aromatic carbocycles. The third kappa shape index (κ3) is 4.46. The van der Waals surface area contributed by atoms with Gasteiger partial charge in [-0.2, -0.15) is 0 Å². The molecule has 82 valence electrons. The van der Waals surface area contributed by atoms with Crippen LogP contribution in [0, 0.1) is 0 Å². The first-order valence-electron chi connectivity index (χ1n) is 5.24. The Morgan fingerprint density at radius 1 is 1.64 bits per heavy atom. The van der Waals surface area contributed by atoms with E-state index in [1.165, 1.54) is 0 Å². The molecular formula is C10H19NO3. The van der Waals surface area contributed by atoms with E-state index in [4.69, 9.17) is 9.47 Å². The Morgan fingerprint density at radius 2 is 2.43 bits per heavy atom. The summed E-state index contributed by atoms with van der Waals surface area (Å²) in [6.07, 6.45) is 3.07. The highest BCUT2D eigenvalue weighted by Crippen LogP contribution is 2.14.